The van der Waals surface area contributed by atoms with Gasteiger partial charge in [-0.15, -0.1) is 0 Å². The predicted molar refractivity (Wildman–Crippen MR) is 103 cm³/mol. The standard InChI is InChI=1S/C20H18ClN3O2/c1-13-3-6-15(7-4-13)18-10-20(26)24(12-22-18)11-19(25)23-16-8-5-14(2)17(21)9-16/h3-10,12H,11H2,1-2H3,(H,23,25). The quantitative estimate of drug-likeness (QED) is 0.762. The van der Waals surface area contributed by atoms with Gasteiger partial charge in [0.2, 0.25) is 5.91 Å². The number of aromatic nitrogens is 2. The fourth-order valence-electron chi connectivity index (χ4n) is 2.45. The van der Waals surface area contributed by atoms with Gasteiger partial charge in [-0.25, -0.2) is 4.98 Å². The Morgan fingerprint density at radius 1 is 1.12 bits per heavy atom. The van der Waals surface area contributed by atoms with Crippen LogP contribution in [0, 0.1) is 13.8 Å². The minimum Gasteiger partial charge on any atom is -0.324 e. The molecule has 0 saturated carbocycles. The number of nitrogens with zero attached hydrogens (tertiary/aromatic N) is 2. The number of carbonyl (C=O) groups excluding carboxylic acids is 1. The minimum atomic E-state index is -0.322. The van der Waals surface area contributed by atoms with E-state index in [0.29, 0.717) is 16.4 Å². The Balaban J connectivity index is 1.73. The molecule has 0 aliphatic heterocycles. The molecule has 0 radical (unpaired) electrons. The Morgan fingerprint density at radius 2 is 1.85 bits per heavy atom. The van der Waals surface area contributed by atoms with Crippen molar-refractivity contribution in [3.8, 4) is 11.3 Å². The summed E-state index contributed by atoms with van der Waals surface area (Å²) in [6, 6.07) is 14.4. The zero-order chi connectivity index (χ0) is 18.7. The highest BCUT2D eigenvalue weighted by molar-refractivity contribution is 6.31. The largest absolute Gasteiger partial charge is 0.324 e. The van der Waals surface area contributed by atoms with Gasteiger partial charge in [0, 0.05) is 22.3 Å². The predicted octanol–water partition coefficient (Wildman–Crippen LogP) is 3.82. The molecule has 3 rings (SSSR count). The zero-order valence-corrected chi connectivity index (χ0v) is 15.2. The van der Waals surface area contributed by atoms with Gasteiger partial charge in [-0.05, 0) is 31.5 Å². The topological polar surface area (TPSA) is 64.0 Å². The van der Waals surface area contributed by atoms with Gasteiger partial charge in [-0.2, -0.15) is 0 Å². The molecule has 0 atom stereocenters. The average Bonchev–Trinajstić information content (AvgIpc) is 2.60. The van der Waals surface area contributed by atoms with Gasteiger partial charge in [0.15, 0.2) is 0 Å². The number of carbonyl (C=O) groups is 1. The number of amides is 1. The van der Waals surface area contributed by atoms with Gasteiger partial charge in [-0.1, -0.05) is 47.5 Å². The van der Waals surface area contributed by atoms with Crippen LogP contribution in [0.5, 0.6) is 0 Å². The van der Waals surface area contributed by atoms with Crippen LogP contribution in [0.4, 0.5) is 5.69 Å². The summed E-state index contributed by atoms with van der Waals surface area (Å²) < 4.78 is 1.27. The van der Waals surface area contributed by atoms with Crippen molar-refractivity contribution in [1.29, 1.82) is 0 Å². The molecule has 0 saturated heterocycles. The van der Waals surface area contributed by atoms with Crippen molar-refractivity contribution in [3.63, 3.8) is 0 Å². The van der Waals surface area contributed by atoms with Crippen LogP contribution in [0.15, 0.2) is 59.7 Å². The molecule has 0 spiro atoms. The highest BCUT2D eigenvalue weighted by Crippen LogP contribution is 2.20. The van der Waals surface area contributed by atoms with Crippen molar-refractivity contribution in [3.05, 3.63) is 81.4 Å². The fourth-order valence-corrected chi connectivity index (χ4v) is 2.63. The highest BCUT2D eigenvalue weighted by atomic mass is 35.5. The van der Waals surface area contributed by atoms with E-state index in [1.54, 1.807) is 12.1 Å². The first-order chi connectivity index (χ1) is 12.4. The molecule has 5 nitrogen and oxygen atoms in total. The van der Waals surface area contributed by atoms with E-state index in [9.17, 15) is 9.59 Å². The van der Waals surface area contributed by atoms with Gasteiger partial charge in [0.1, 0.15) is 6.54 Å². The first kappa shape index (κ1) is 17.9. The van der Waals surface area contributed by atoms with Crippen LogP contribution in [0.2, 0.25) is 5.02 Å². The van der Waals surface area contributed by atoms with E-state index in [0.717, 1.165) is 16.7 Å². The number of hydrogen-bond acceptors (Lipinski definition) is 3. The molecular formula is C20H18ClN3O2. The summed E-state index contributed by atoms with van der Waals surface area (Å²) in [7, 11) is 0. The molecule has 26 heavy (non-hydrogen) atoms. The van der Waals surface area contributed by atoms with Gasteiger partial charge in [-0.3, -0.25) is 14.2 Å². The summed E-state index contributed by atoms with van der Waals surface area (Å²) in [4.78, 5) is 28.8. The number of nitrogens with one attached hydrogen (secondary N) is 1. The maximum atomic E-state index is 12.3. The third kappa shape index (κ3) is 4.18. The van der Waals surface area contributed by atoms with E-state index in [2.05, 4.69) is 10.3 Å². The second-order valence-electron chi connectivity index (χ2n) is 6.12. The van der Waals surface area contributed by atoms with E-state index < -0.39 is 0 Å². The van der Waals surface area contributed by atoms with Crippen LogP contribution < -0.4 is 10.9 Å². The molecule has 1 heterocycles. The molecule has 6 heteroatoms. The van der Waals surface area contributed by atoms with Gasteiger partial charge in [0.25, 0.3) is 5.56 Å². The molecular weight excluding hydrogens is 350 g/mol. The van der Waals surface area contributed by atoms with Gasteiger partial charge < -0.3 is 5.32 Å². The van der Waals surface area contributed by atoms with Crippen LogP contribution >= 0.6 is 11.6 Å². The SMILES string of the molecule is Cc1ccc(-c2cc(=O)n(CC(=O)Nc3ccc(C)c(Cl)c3)cn2)cc1. The summed E-state index contributed by atoms with van der Waals surface area (Å²) in [6.45, 7) is 3.76. The maximum absolute atomic E-state index is 12.3. The van der Waals surface area contributed by atoms with Crippen molar-refractivity contribution < 1.29 is 4.79 Å². The maximum Gasteiger partial charge on any atom is 0.254 e. The Hall–Kier alpha value is -2.92. The van der Waals surface area contributed by atoms with Crippen LogP contribution in [-0.4, -0.2) is 15.5 Å². The van der Waals surface area contributed by atoms with Gasteiger partial charge >= 0.3 is 0 Å². The van der Waals surface area contributed by atoms with Crippen LogP contribution in [0.1, 0.15) is 11.1 Å². The Kier molecular flexibility index (Phi) is 5.19. The van der Waals surface area contributed by atoms with Crippen molar-refractivity contribution in [1.82, 2.24) is 9.55 Å². The molecule has 2 aromatic carbocycles. The second kappa shape index (κ2) is 7.54. The Labute approximate surface area is 156 Å². The average molecular weight is 368 g/mol. The third-order valence-corrected chi connectivity index (χ3v) is 4.40. The molecule has 0 bridgehead atoms. The molecule has 1 aromatic heterocycles. The third-order valence-electron chi connectivity index (χ3n) is 4.00. The van der Waals surface area contributed by atoms with E-state index >= 15 is 0 Å². The lowest BCUT2D eigenvalue weighted by molar-refractivity contribution is -0.116. The van der Waals surface area contributed by atoms with Crippen molar-refractivity contribution in [2.75, 3.05) is 5.32 Å². The molecule has 0 aliphatic rings. The monoisotopic (exact) mass is 367 g/mol. The van der Waals surface area contributed by atoms with E-state index in [1.165, 1.54) is 17.0 Å². The summed E-state index contributed by atoms with van der Waals surface area (Å²) in [6.07, 6.45) is 1.39. The number of rotatable bonds is 4. The highest BCUT2D eigenvalue weighted by Gasteiger charge is 2.08. The summed E-state index contributed by atoms with van der Waals surface area (Å²) in [5, 5.41) is 3.30. The number of hydrogen-bond donors (Lipinski definition) is 1. The van der Waals surface area contributed by atoms with Crippen LogP contribution in [0.25, 0.3) is 11.3 Å². The minimum absolute atomic E-state index is 0.120. The van der Waals surface area contributed by atoms with Crippen molar-refractivity contribution in [2.24, 2.45) is 0 Å². The van der Waals surface area contributed by atoms with E-state index in [-0.39, 0.29) is 18.0 Å². The molecule has 0 fully saturated rings. The summed E-state index contributed by atoms with van der Waals surface area (Å²) in [5.74, 6) is -0.322. The molecule has 132 valence electrons. The fraction of sp³-hybridized carbons (Fsp3) is 0.150. The van der Waals surface area contributed by atoms with E-state index in [1.807, 2.05) is 44.2 Å². The first-order valence-corrected chi connectivity index (χ1v) is 8.50. The Morgan fingerprint density at radius 3 is 2.50 bits per heavy atom. The van der Waals surface area contributed by atoms with Crippen LogP contribution in [0.3, 0.4) is 0 Å². The molecule has 0 aliphatic carbocycles. The lowest BCUT2D eigenvalue weighted by Crippen LogP contribution is -2.27. The lowest BCUT2D eigenvalue weighted by atomic mass is 10.1. The van der Waals surface area contributed by atoms with Crippen molar-refractivity contribution >= 4 is 23.2 Å². The smallest absolute Gasteiger partial charge is 0.254 e. The summed E-state index contributed by atoms with van der Waals surface area (Å²) >= 11 is 6.05. The van der Waals surface area contributed by atoms with E-state index in [4.69, 9.17) is 11.6 Å². The summed E-state index contributed by atoms with van der Waals surface area (Å²) in [5.41, 5.74) is 3.80. The van der Waals surface area contributed by atoms with Gasteiger partial charge in [0.05, 0.1) is 12.0 Å². The number of halogens is 1. The number of aryl methyl sites for hydroxylation is 2. The normalized spacial score (nSPS) is 10.6. The molecule has 1 N–H and O–H groups in total. The zero-order valence-electron chi connectivity index (χ0n) is 14.5. The molecule has 1 amide bonds. The molecule has 3 aromatic rings. The van der Waals surface area contributed by atoms with Crippen molar-refractivity contribution in [2.45, 2.75) is 20.4 Å². The first-order valence-electron chi connectivity index (χ1n) is 8.12. The molecule has 0 unspecified atom stereocenters. The Bertz CT molecular complexity index is 1010. The number of benzene rings is 2. The number of anilines is 1. The van der Waals surface area contributed by atoms with Crippen LogP contribution in [-0.2, 0) is 11.3 Å². The lowest BCUT2D eigenvalue weighted by Gasteiger charge is -2.09. The second-order valence-corrected chi connectivity index (χ2v) is 6.53.